The van der Waals surface area contributed by atoms with Gasteiger partial charge < -0.3 is 9.84 Å². The van der Waals surface area contributed by atoms with Gasteiger partial charge in [0.05, 0.1) is 18.2 Å². The van der Waals surface area contributed by atoms with Crippen LogP contribution in [0.5, 0.6) is 0 Å². The molecule has 0 unspecified atom stereocenters. The van der Waals surface area contributed by atoms with E-state index in [4.69, 9.17) is 5.11 Å². The summed E-state index contributed by atoms with van der Waals surface area (Å²) in [6, 6.07) is 4.40. The van der Waals surface area contributed by atoms with Crippen molar-refractivity contribution in [3.8, 4) is 0 Å². The minimum absolute atomic E-state index is 0.105. The number of esters is 1. The monoisotopic (exact) mass is 306 g/mol. The number of benzene rings is 1. The molecule has 5 heteroatoms. The third-order valence-electron chi connectivity index (χ3n) is 1.62. The Balaban J connectivity index is 3.19. The molecular formula is C9H7IO4. The maximum absolute atomic E-state index is 11.1. The molecule has 0 spiro atoms. The van der Waals surface area contributed by atoms with Crippen LogP contribution in [-0.4, -0.2) is 24.2 Å². The first-order chi connectivity index (χ1) is 6.56. The second-order valence-corrected chi connectivity index (χ2v) is 3.65. The SMILES string of the molecule is COC(=O)c1ccc(I)c(C(=O)O)c1. The van der Waals surface area contributed by atoms with Crippen molar-refractivity contribution in [2.45, 2.75) is 0 Å². The van der Waals surface area contributed by atoms with Crippen LogP contribution in [0.4, 0.5) is 0 Å². The van der Waals surface area contributed by atoms with E-state index in [2.05, 4.69) is 4.74 Å². The van der Waals surface area contributed by atoms with Crippen molar-refractivity contribution in [3.05, 3.63) is 32.9 Å². The Kier molecular flexibility index (Phi) is 3.45. The van der Waals surface area contributed by atoms with E-state index in [1.807, 2.05) is 22.6 Å². The number of carboxylic acid groups (broad SMARTS) is 1. The predicted molar refractivity (Wildman–Crippen MR) is 57.5 cm³/mol. The first-order valence-electron chi connectivity index (χ1n) is 3.67. The zero-order chi connectivity index (χ0) is 10.7. The molecule has 0 radical (unpaired) electrons. The van der Waals surface area contributed by atoms with Gasteiger partial charge in [-0.1, -0.05) is 0 Å². The lowest BCUT2D eigenvalue weighted by Crippen LogP contribution is -2.06. The van der Waals surface area contributed by atoms with E-state index in [9.17, 15) is 9.59 Å². The Morgan fingerprint density at radius 2 is 2.07 bits per heavy atom. The largest absolute Gasteiger partial charge is 0.478 e. The van der Waals surface area contributed by atoms with Gasteiger partial charge in [-0.25, -0.2) is 9.59 Å². The van der Waals surface area contributed by atoms with E-state index in [0.29, 0.717) is 3.57 Å². The van der Waals surface area contributed by atoms with Crippen LogP contribution < -0.4 is 0 Å². The molecule has 1 N–H and O–H groups in total. The molecule has 1 rings (SSSR count). The maximum atomic E-state index is 11.1. The van der Waals surface area contributed by atoms with Crippen molar-refractivity contribution < 1.29 is 19.4 Å². The van der Waals surface area contributed by atoms with Crippen LogP contribution in [-0.2, 0) is 4.74 Å². The van der Waals surface area contributed by atoms with Crippen LogP contribution in [0, 0.1) is 3.57 Å². The second-order valence-electron chi connectivity index (χ2n) is 2.49. The lowest BCUT2D eigenvalue weighted by atomic mass is 10.1. The molecule has 0 fully saturated rings. The summed E-state index contributed by atoms with van der Waals surface area (Å²) in [5.74, 6) is -1.59. The number of halogens is 1. The number of ether oxygens (including phenoxy) is 1. The molecule has 0 amide bonds. The van der Waals surface area contributed by atoms with Crippen molar-refractivity contribution in [1.29, 1.82) is 0 Å². The van der Waals surface area contributed by atoms with Gasteiger partial charge in [0, 0.05) is 3.57 Å². The van der Waals surface area contributed by atoms with Gasteiger partial charge in [-0.2, -0.15) is 0 Å². The highest BCUT2D eigenvalue weighted by Crippen LogP contribution is 2.15. The van der Waals surface area contributed by atoms with Crippen molar-refractivity contribution in [3.63, 3.8) is 0 Å². The maximum Gasteiger partial charge on any atom is 0.337 e. The van der Waals surface area contributed by atoms with E-state index in [1.54, 1.807) is 6.07 Å². The molecule has 1 aromatic carbocycles. The number of carbonyl (C=O) groups is 2. The lowest BCUT2D eigenvalue weighted by Gasteiger charge is -2.02. The highest BCUT2D eigenvalue weighted by Gasteiger charge is 2.12. The average Bonchev–Trinajstić information content (AvgIpc) is 2.17. The van der Waals surface area contributed by atoms with Gasteiger partial charge in [0.2, 0.25) is 0 Å². The van der Waals surface area contributed by atoms with Gasteiger partial charge in [-0.3, -0.25) is 0 Å². The van der Waals surface area contributed by atoms with Crippen LogP contribution in [0.2, 0.25) is 0 Å². The smallest absolute Gasteiger partial charge is 0.337 e. The molecule has 0 bridgehead atoms. The molecule has 74 valence electrons. The van der Waals surface area contributed by atoms with E-state index < -0.39 is 11.9 Å². The van der Waals surface area contributed by atoms with E-state index in [-0.39, 0.29) is 11.1 Å². The van der Waals surface area contributed by atoms with Crippen molar-refractivity contribution >= 4 is 34.5 Å². The second kappa shape index (κ2) is 4.41. The fraction of sp³-hybridized carbons (Fsp3) is 0.111. The number of hydrogen-bond donors (Lipinski definition) is 1. The molecule has 0 aromatic heterocycles. The molecule has 0 heterocycles. The number of carbonyl (C=O) groups excluding carboxylic acids is 1. The highest BCUT2D eigenvalue weighted by molar-refractivity contribution is 14.1. The summed E-state index contributed by atoms with van der Waals surface area (Å²) in [6.45, 7) is 0. The molecule has 0 aliphatic heterocycles. The standard InChI is InChI=1S/C9H7IO4/c1-14-9(13)5-2-3-7(10)6(4-5)8(11)12/h2-4H,1H3,(H,11,12). The fourth-order valence-corrected chi connectivity index (χ4v) is 1.50. The number of hydrogen-bond acceptors (Lipinski definition) is 3. The van der Waals surface area contributed by atoms with Gasteiger partial charge in [0.25, 0.3) is 0 Å². The van der Waals surface area contributed by atoms with Crippen molar-refractivity contribution in [2.75, 3.05) is 7.11 Å². The molecule has 14 heavy (non-hydrogen) atoms. The Bertz CT molecular complexity index is 386. The van der Waals surface area contributed by atoms with Crippen LogP contribution in [0.25, 0.3) is 0 Å². The zero-order valence-corrected chi connectivity index (χ0v) is 9.44. The third kappa shape index (κ3) is 2.22. The minimum Gasteiger partial charge on any atom is -0.478 e. The van der Waals surface area contributed by atoms with Crippen LogP contribution in [0.1, 0.15) is 20.7 Å². The van der Waals surface area contributed by atoms with Gasteiger partial charge in [0.1, 0.15) is 0 Å². The Morgan fingerprint density at radius 3 is 2.57 bits per heavy atom. The minimum atomic E-state index is -1.06. The van der Waals surface area contributed by atoms with Gasteiger partial charge >= 0.3 is 11.9 Å². The van der Waals surface area contributed by atoms with E-state index in [0.717, 1.165) is 0 Å². The number of carboxylic acids is 1. The molecular weight excluding hydrogens is 299 g/mol. The molecule has 0 aliphatic carbocycles. The van der Waals surface area contributed by atoms with Crippen molar-refractivity contribution in [2.24, 2.45) is 0 Å². The fourth-order valence-electron chi connectivity index (χ4n) is 0.934. The molecule has 0 saturated heterocycles. The first kappa shape index (κ1) is 11.0. The van der Waals surface area contributed by atoms with Gasteiger partial charge in [-0.15, -0.1) is 0 Å². The average molecular weight is 306 g/mol. The number of aromatic carboxylic acids is 1. The first-order valence-corrected chi connectivity index (χ1v) is 4.75. The normalized spacial score (nSPS) is 9.57. The molecule has 4 nitrogen and oxygen atoms in total. The molecule has 1 aromatic rings. The van der Waals surface area contributed by atoms with Crippen LogP contribution in [0.3, 0.4) is 0 Å². The Morgan fingerprint density at radius 1 is 1.43 bits per heavy atom. The lowest BCUT2D eigenvalue weighted by molar-refractivity contribution is 0.0600. The molecule has 0 saturated carbocycles. The zero-order valence-electron chi connectivity index (χ0n) is 7.28. The topological polar surface area (TPSA) is 63.6 Å². The predicted octanol–water partition coefficient (Wildman–Crippen LogP) is 1.78. The molecule has 0 aliphatic rings. The summed E-state index contributed by atoms with van der Waals surface area (Å²) in [6.07, 6.45) is 0. The Hall–Kier alpha value is -1.11. The van der Waals surface area contributed by atoms with E-state index in [1.165, 1.54) is 19.2 Å². The van der Waals surface area contributed by atoms with Gasteiger partial charge in [-0.05, 0) is 40.8 Å². The molecule has 0 atom stereocenters. The quantitative estimate of drug-likeness (QED) is 0.668. The van der Waals surface area contributed by atoms with Crippen LogP contribution in [0.15, 0.2) is 18.2 Å². The van der Waals surface area contributed by atoms with Crippen LogP contribution >= 0.6 is 22.6 Å². The third-order valence-corrected chi connectivity index (χ3v) is 2.56. The van der Waals surface area contributed by atoms with E-state index >= 15 is 0 Å². The summed E-state index contributed by atoms with van der Waals surface area (Å²) in [7, 11) is 1.25. The number of rotatable bonds is 2. The number of methoxy groups -OCH3 is 1. The summed E-state index contributed by atoms with van der Waals surface area (Å²) < 4.78 is 5.06. The van der Waals surface area contributed by atoms with Gasteiger partial charge in [0.15, 0.2) is 0 Å². The summed E-state index contributed by atoms with van der Waals surface area (Å²) in [5.41, 5.74) is 0.346. The van der Waals surface area contributed by atoms with Crippen molar-refractivity contribution in [1.82, 2.24) is 0 Å². The summed E-state index contributed by atoms with van der Waals surface area (Å²) >= 11 is 1.89. The Labute approximate surface area is 94.0 Å². The summed E-state index contributed by atoms with van der Waals surface area (Å²) in [5, 5.41) is 8.79. The summed E-state index contributed by atoms with van der Waals surface area (Å²) in [4.78, 5) is 21.8. The highest BCUT2D eigenvalue weighted by atomic mass is 127.